The van der Waals surface area contributed by atoms with Gasteiger partial charge >= 0.3 is 5.97 Å². The fourth-order valence-electron chi connectivity index (χ4n) is 1.71. The lowest BCUT2D eigenvalue weighted by Crippen LogP contribution is -2.29. The Morgan fingerprint density at radius 1 is 1.32 bits per heavy atom. The van der Waals surface area contributed by atoms with E-state index in [1.807, 2.05) is 6.92 Å². The van der Waals surface area contributed by atoms with Gasteiger partial charge in [0.25, 0.3) is 0 Å². The normalized spacial score (nSPS) is 11.8. The highest BCUT2D eigenvalue weighted by Gasteiger charge is 2.13. The number of nitrogens with one attached hydrogen (secondary N) is 1. The highest BCUT2D eigenvalue weighted by molar-refractivity contribution is 5.81. The van der Waals surface area contributed by atoms with E-state index in [1.54, 1.807) is 6.07 Å². The molecule has 1 atom stereocenters. The van der Waals surface area contributed by atoms with Crippen LogP contribution in [0.15, 0.2) is 18.2 Å². The van der Waals surface area contributed by atoms with E-state index in [2.05, 4.69) is 5.32 Å². The van der Waals surface area contributed by atoms with E-state index in [0.29, 0.717) is 12.0 Å². The smallest absolute Gasteiger partial charge is 0.322 e. The minimum absolute atomic E-state index is 0.0153. The van der Waals surface area contributed by atoms with Gasteiger partial charge in [-0.05, 0) is 24.0 Å². The molecular weight excluding hydrogens is 250 g/mol. The van der Waals surface area contributed by atoms with Crippen molar-refractivity contribution in [2.75, 3.05) is 6.54 Å². The summed E-state index contributed by atoms with van der Waals surface area (Å²) in [6.07, 6.45) is 0.651. The van der Waals surface area contributed by atoms with Gasteiger partial charge in [-0.1, -0.05) is 13.0 Å². The molecule has 4 N–H and O–H groups in total. The molecule has 1 unspecified atom stereocenters. The largest absolute Gasteiger partial charge is 0.508 e. The number of aromatic hydroxyl groups is 2. The number of carboxylic acids is 1. The SMILES string of the molecule is CC(CCC(=O)NCC(=O)O)c1ccc(O)cc1O. The average molecular weight is 267 g/mol. The molecule has 19 heavy (non-hydrogen) atoms. The minimum atomic E-state index is -1.09. The van der Waals surface area contributed by atoms with E-state index in [9.17, 15) is 19.8 Å². The Bertz CT molecular complexity index is 472. The quantitative estimate of drug-likeness (QED) is 0.619. The van der Waals surface area contributed by atoms with E-state index in [-0.39, 0.29) is 29.7 Å². The van der Waals surface area contributed by atoms with Crippen molar-refractivity contribution in [3.05, 3.63) is 23.8 Å². The van der Waals surface area contributed by atoms with E-state index >= 15 is 0 Å². The van der Waals surface area contributed by atoms with Crippen LogP contribution in [0.1, 0.15) is 31.2 Å². The van der Waals surface area contributed by atoms with Gasteiger partial charge in [-0.3, -0.25) is 9.59 Å². The maximum atomic E-state index is 11.3. The Morgan fingerprint density at radius 2 is 2.00 bits per heavy atom. The summed E-state index contributed by atoms with van der Waals surface area (Å²) in [7, 11) is 0. The van der Waals surface area contributed by atoms with Gasteiger partial charge in [0.05, 0.1) is 0 Å². The minimum Gasteiger partial charge on any atom is -0.508 e. The second-order valence-electron chi connectivity index (χ2n) is 4.35. The van der Waals surface area contributed by atoms with Gasteiger partial charge in [-0.15, -0.1) is 0 Å². The van der Waals surface area contributed by atoms with Crippen LogP contribution < -0.4 is 5.32 Å². The van der Waals surface area contributed by atoms with Crippen LogP contribution in [-0.4, -0.2) is 33.7 Å². The van der Waals surface area contributed by atoms with E-state index in [1.165, 1.54) is 12.1 Å². The van der Waals surface area contributed by atoms with Gasteiger partial charge in [0.15, 0.2) is 0 Å². The fraction of sp³-hybridized carbons (Fsp3) is 0.385. The molecular formula is C13H17NO5. The Kier molecular flexibility index (Phi) is 5.17. The molecule has 104 valence electrons. The van der Waals surface area contributed by atoms with Gasteiger partial charge in [0.1, 0.15) is 18.0 Å². The number of rotatable bonds is 6. The molecule has 0 saturated carbocycles. The number of carbonyl (C=O) groups excluding carboxylic acids is 1. The van der Waals surface area contributed by atoms with Crippen LogP contribution >= 0.6 is 0 Å². The molecule has 6 heteroatoms. The van der Waals surface area contributed by atoms with Crippen molar-refractivity contribution in [3.8, 4) is 11.5 Å². The molecule has 0 saturated heterocycles. The first-order chi connectivity index (χ1) is 8.90. The van der Waals surface area contributed by atoms with Crippen LogP contribution in [0, 0.1) is 0 Å². The zero-order valence-electron chi connectivity index (χ0n) is 10.6. The first kappa shape index (κ1) is 14.8. The summed E-state index contributed by atoms with van der Waals surface area (Å²) in [6, 6.07) is 4.32. The van der Waals surface area contributed by atoms with Gasteiger partial charge < -0.3 is 20.6 Å². The molecule has 0 aliphatic carbocycles. The average Bonchev–Trinajstić information content (AvgIpc) is 2.33. The first-order valence-electron chi connectivity index (χ1n) is 5.90. The molecule has 0 aromatic heterocycles. The third-order valence-corrected chi connectivity index (χ3v) is 2.79. The number of hydrogen-bond donors (Lipinski definition) is 4. The summed E-state index contributed by atoms with van der Waals surface area (Å²) in [4.78, 5) is 21.6. The number of carboxylic acid groups (broad SMARTS) is 1. The van der Waals surface area contributed by atoms with Gasteiger partial charge in [-0.25, -0.2) is 0 Å². The lowest BCUT2D eigenvalue weighted by atomic mass is 9.95. The number of aliphatic carboxylic acids is 1. The number of hydrogen-bond acceptors (Lipinski definition) is 4. The maximum Gasteiger partial charge on any atom is 0.322 e. The third kappa shape index (κ3) is 4.87. The van der Waals surface area contributed by atoms with Crippen molar-refractivity contribution in [1.82, 2.24) is 5.32 Å². The fourth-order valence-corrected chi connectivity index (χ4v) is 1.71. The molecule has 0 bridgehead atoms. The maximum absolute atomic E-state index is 11.3. The van der Waals surface area contributed by atoms with Crippen molar-refractivity contribution < 1.29 is 24.9 Å². The van der Waals surface area contributed by atoms with E-state index in [4.69, 9.17) is 5.11 Å². The predicted octanol–water partition coefficient (Wildman–Crippen LogP) is 1.18. The summed E-state index contributed by atoms with van der Waals surface area (Å²) in [5, 5.41) is 29.5. The van der Waals surface area contributed by atoms with Crippen LogP contribution in [0.25, 0.3) is 0 Å². The standard InChI is InChI=1S/C13H17NO5/c1-8(2-5-12(17)14-7-13(18)19)10-4-3-9(15)6-11(10)16/h3-4,6,8,15-16H,2,5,7H2,1H3,(H,14,17)(H,18,19). The highest BCUT2D eigenvalue weighted by Crippen LogP contribution is 2.31. The van der Waals surface area contributed by atoms with Crippen LogP contribution in [-0.2, 0) is 9.59 Å². The molecule has 0 heterocycles. The number of benzene rings is 1. The highest BCUT2D eigenvalue weighted by atomic mass is 16.4. The molecule has 0 aliphatic rings. The zero-order chi connectivity index (χ0) is 14.4. The number of phenolic OH excluding ortho intramolecular Hbond substituents is 2. The van der Waals surface area contributed by atoms with Gasteiger partial charge in [0.2, 0.25) is 5.91 Å². The molecule has 0 fully saturated rings. The lowest BCUT2D eigenvalue weighted by Gasteiger charge is -2.13. The van der Waals surface area contributed by atoms with Crippen LogP contribution in [0.2, 0.25) is 0 Å². The van der Waals surface area contributed by atoms with Gasteiger partial charge in [-0.2, -0.15) is 0 Å². The molecule has 0 radical (unpaired) electrons. The summed E-state index contributed by atoms with van der Waals surface area (Å²) >= 11 is 0. The molecule has 0 spiro atoms. The predicted molar refractivity (Wildman–Crippen MR) is 68.1 cm³/mol. The molecule has 6 nitrogen and oxygen atoms in total. The molecule has 1 aromatic rings. The zero-order valence-corrected chi connectivity index (χ0v) is 10.6. The molecule has 1 aromatic carbocycles. The topological polar surface area (TPSA) is 107 Å². The van der Waals surface area contributed by atoms with Crippen LogP contribution in [0.4, 0.5) is 0 Å². The Morgan fingerprint density at radius 3 is 2.58 bits per heavy atom. The van der Waals surface area contributed by atoms with E-state index < -0.39 is 12.5 Å². The summed E-state index contributed by atoms with van der Waals surface area (Å²) < 4.78 is 0. The second kappa shape index (κ2) is 6.63. The molecule has 0 aliphatic heterocycles. The summed E-state index contributed by atoms with van der Waals surface area (Å²) in [5.41, 5.74) is 0.642. The summed E-state index contributed by atoms with van der Waals surface area (Å²) in [5.74, 6) is -1.53. The van der Waals surface area contributed by atoms with Crippen molar-refractivity contribution >= 4 is 11.9 Å². The van der Waals surface area contributed by atoms with Crippen molar-refractivity contribution in [3.63, 3.8) is 0 Å². The lowest BCUT2D eigenvalue weighted by molar-refractivity contribution is -0.137. The van der Waals surface area contributed by atoms with Crippen molar-refractivity contribution in [2.45, 2.75) is 25.7 Å². The van der Waals surface area contributed by atoms with Crippen molar-refractivity contribution in [1.29, 1.82) is 0 Å². The second-order valence-corrected chi connectivity index (χ2v) is 4.35. The Balaban J connectivity index is 2.48. The molecule has 1 rings (SSSR count). The van der Waals surface area contributed by atoms with Crippen molar-refractivity contribution in [2.24, 2.45) is 0 Å². The monoisotopic (exact) mass is 267 g/mol. The van der Waals surface area contributed by atoms with E-state index in [0.717, 1.165) is 0 Å². The first-order valence-corrected chi connectivity index (χ1v) is 5.90. The summed E-state index contributed by atoms with van der Waals surface area (Å²) in [6.45, 7) is 1.45. The Hall–Kier alpha value is -2.24. The van der Waals surface area contributed by atoms with Crippen LogP contribution in [0.5, 0.6) is 11.5 Å². The number of amides is 1. The molecule has 1 amide bonds. The van der Waals surface area contributed by atoms with Gasteiger partial charge in [0, 0.05) is 12.5 Å². The third-order valence-electron chi connectivity index (χ3n) is 2.79. The number of carbonyl (C=O) groups is 2. The Labute approximate surface area is 110 Å². The number of phenols is 2. The van der Waals surface area contributed by atoms with Crippen LogP contribution in [0.3, 0.4) is 0 Å².